The molecular weight excluding hydrogens is 154 g/mol. The lowest BCUT2D eigenvalue weighted by molar-refractivity contribution is -0.140. The summed E-state index contributed by atoms with van der Waals surface area (Å²) in [6.07, 6.45) is 1.30. The topological polar surface area (TPSA) is 49.3 Å². The summed E-state index contributed by atoms with van der Waals surface area (Å²) in [7, 11) is 0. The Morgan fingerprint density at radius 1 is 1.75 bits per heavy atom. The van der Waals surface area contributed by atoms with E-state index in [4.69, 9.17) is 5.11 Å². The van der Waals surface area contributed by atoms with Gasteiger partial charge < -0.3 is 10.4 Å². The lowest BCUT2D eigenvalue weighted by Gasteiger charge is -2.06. The van der Waals surface area contributed by atoms with Crippen LogP contribution in [0.25, 0.3) is 0 Å². The summed E-state index contributed by atoms with van der Waals surface area (Å²) in [6.45, 7) is 5.54. The highest BCUT2D eigenvalue weighted by molar-refractivity contribution is 5.69. The van der Waals surface area contributed by atoms with Gasteiger partial charge in [-0.25, -0.2) is 0 Å². The largest absolute Gasteiger partial charge is 0.481 e. The molecule has 0 aliphatic heterocycles. The number of nitrogens with one attached hydrogen (secondary N) is 1. The molecule has 1 aliphatic rings. The minimum Gasteiger partial charge on any atom is -0.481 e. The molecule has 3 atom stereocenters. The predicted octanol–water partition coefficient (Wildman–Crippen LogP) is 0.953. The Morgan fingerprint density at radius 3 is 2.75 bits per heavy atom. The molecule has 0 bridgehead atoms. The third-order valence-corrected chi connectivity index (χ3v) is 2.55. The number of hydrogen-bond acceptors (Lipinski definition) is 2. The van der Waals surface area contributed by atoms with Gasteiger partial charge in [-0.05, 0) is 24.8 Å². The first-order valence-electron chi connectivity index (χ1n) is 4.54. The molecule has 0 aromatic carbocycles. The Hall–Kier alpha value is -0.570. The molecule has 3 heteroatoms. The maximum Gasteiger partial charge on any atom is 0.307 e. The summed E-state index contributed by atoms with van der Waals surface area (Å²) in [4.78, 5) is 10.4. The first-order valence-corrected chi connectivity index (χ1v) is 4.54. The van der Waals surface area contributed by atoms with Crippen LogP contribution in [0.5, 0.6) is 0 Å². The van der Waals surface area contributed by atoms with E-state index in [2.05, 4.69) is 12.2 Å². The molecule has 1 aliphatic carbocycles. The smallest absolute Gasteiger partial charge is 0.307 e. The number of aliphatic carboxylic acids is 1. The lowest BCUT2D eigenvalue weighted by atomic mass is 10.2. The molecule has 0 saturated heterocycles. The zero-order valence-corrected chi connectivity index (χ0v) is 7.71. The number of carboxylic acid groups (broad SMARTS) is 1. The summed E-state index contributed by atoms with van der Waals surface area (Å²) in [5.41, 5.74) is 0. The third-order valence-electron chi connectivity index (χ3n) is 2.55. The Labute approximate surface area is 73.2 Å². The van der Waals surface area contributed by atoms with E-state index >= 15 is 0 Å². The number of hydrogen-bond donors (Lipinski definition) is 2. The third kappa shape index (κ3) is 2.81. The Kier molecular flexibility index (Phi) is 3.09. The maximum atomic E-state index is 10.4. The number of carboxylic acids is 1. The molecule has 2 N–H and O–H groups in total. The molecule has 70 valence electrons. The SMILES string of the molecule is CC(CNCC1CC1C)C(=O)O. The Balaban J connectivity index is 1.98. The van der Waals surface area contributed by atoms with E-state index in [9.17, 15) is 4.79 Å². The summed E-state index contributed by atoms with van der Waals surface area (Å²) in [5, 5.41) is 11.8. The monoisotopic (exact) mass is 171 g/mol. The normalized spacial score (nSPS) is 29.8. The minimum absolute atomic E-state index is 0.265. The molecular formula is C9H17NO2. The molecule has 1 rings (SSSR count). The van der Waals surface area contributed by atoms with Crippen molar-refractivity contribution in [2.45, 2.75) is 20.3 Å². The second-order valence-electron chi connectivity index (χ2n) is 3.87. The first kappa shape index (κ1) is 9.52. The summed E-state index contributed by atoms with van der Waals surface area (Å²) in [5.74, 6) is 0.661. The maximum absolute atomic E-state index is 10.4. The highest BCUT2D eigenvalue weighted by Crippen LogP contribution is 2.36. The molecule has 0 heterocycles. The second kappa shape index (κ2) is 3.90. The van der Waals surface area contributed by atoms with Crippen molar-refractivity contribution in [3.63, 3.8) is 0 Å². The van der Waals surface area contributed by atoms with Crippen molar-refractivity contribution in [2.24, 2.45) is 17.8 Å². The van der Waals surface area contributed by atoms with Crippen molar-refractivity contribution in [2.75, 3.05) is 13.1 Å². The van der Waals surface area contributed by atoms with Crippen molar-refractivity contribution in [3.8, 4) is 0 Å². The first-order chi connectivity index (χ1) is 5.61. The van der Waals surface area contributed by atoms with Crippen molar-refractivity contribution >= 4 is 5.97 Å². The summed E-state index contributed by atoms with van der Waals surface area (Å²) < 4.78 is 0. The quantitative estimate of drug-likeness (QED) is 0.647. The predicted molar refractivity (Wildman–Crippen MR) is 46.9 cm³/mol. The fraction of sp³-hybridized carbons (Fsp3) is 0.889. The number of rotatable bonds is 5. The Bertz CT molecular complexity index is 170. The molecule has 0 spiro atoms. The lowest BCUT2D eigenvalue weighted by Crippen LogP contribution is -2.27. The zero-order valence-electron chi connectivity index (χ0n) is 7.71. The van der Waals surface area contributed by atoms with Crippen LogP contribution in [0.2, 0.25) is 0 Å². The van der Waals surface area contributed by atoms with E-state index in [0.717, 1.165) is 18.4 Å². The fourth-order valence-corrected chi connectivity index (χ4v) is 1.26. The second-order valence-corrected chi connectivity index (χ2v) is 3.87. The van der Waals surface area contributed by atoms with Crippen LogP contribution in [0.4, 0.5) is 0 Å². The molecule has 0 radical (unpaired) electrons. The van der Waals surface area contributed by atoms with Gasteiger partial charge >= 0.3 is 5.97 Å². The molecule has 3 nitrogen and oxygen atoms in total. The minimum atomic E-state index is -0.716. The summed E-state index contributed by atoms with van der Waals surface area (Å²) in [6, 6.07) is 0. The van der Waals surface area contributed by atoms with Gasteiger partial charge in [0.2, 0.25) is 0 Å². The van der Waals surface area contributed by atoms with E-state index < -0.39 is 5.97 Å². The van der Waals surface area contributed by atoms with Gasteiger partial charge in [-0.2, -0.15) is 0 Å². The van der Waals surface area contributed by atoms with E-state index in [-0.39, 0.29) is 5.92 Å². The van der Waals surface area contributed by atoms with Gasteiger partial charge in [-0.3, -0.25) is 4.79 Å². The molecule has 0 aromatic heterocycles. The van der Waals surface area contributed by atoms with Crippen LogP contribution in [0.3, 0.4) is 0 Å². The molecule has 12 heavy (non-hydrogen) atoms. The highest BCUT2D eigenvalue weighted by atomic mass is 16.4. The average molecular weight is 171 g/mol. The zero-order chi connectivity index (χ0) is 9.14. The Morgan fingerprint density at radius 2 is 2.33 bits per heavy atom. The van der Waals surface area contributed by atoms with Crippen LogP contribution in [0.1, 0.15) is 20.3 Å². The standard InChI is InChI=1S/C9H17NO2/c1-6-3-8(6)5-10-4-7(2)9(11)12/h6-8,10H,3-5H2,1-2H3,(H,11,12). The van der Waals surface area contributed by atoms with Crippen LogP contribution in [-0.2, 0) is 4.79 Å². The molecule has 0 amide bonds. The molecule has 3 unspecified atom stereocenters. The van der Waals surface area contributed by atoms with Gasteiger partial charge in [0, 0.05) is 6.54 Å². The molecule has 0 aromatic rings. The van der Waals surface area contributed by atoms with Crippen molar-refractivity contribution in [1.29, 1.82) is 0 Å². The van der Waals surface area contributed by atoms with Gasteiger partial charge in [0.25, 0.3) is 0 Å². The average Bonchev–Trinajstić information content (AvgIpc) is 2.66. The fourth-order valence-electron chi connectivity index (χ4n) is 1.26. The van der Waals surface area contributed by atoms with E-state index in [1.54, 1.807) is 6.92 Å². The highest BCUT2D eigenvalue weighted by Gasteiger charge is 2.31. The van der Waals surface area contributed by atoms with Crippen LogP contribution < -0.4 is 5.32 Å². The van der Waals surface area contributed by atoms with Crippen LogP contribution >= 0.6 is 0 Å². The van der Waals surface area contributed by atoms with E-state index in [1.807, 2.05) is 0 Å². The molecule has 1 saturated carbocycles. The van der Waals surface area contributed by atoms with Gasteiger partial charge in [-0.1, -0.05) is 13.8 Å². The van der Waals surface area contributed by atoms with Gasteiger partial charge in [0.05, 0.1) is 5.92 Å². The number of carbonyl (C=O) groups is 1. The van der Waals surface area contributed by atoms with Crippen molar-refractivity contribution < 1.29 is 9.90 Å². The van der Waals surface area contributed by atoms with Crippen LogP contribution in [-0.4, -0.2) is 24.2 Å². The summed E-state index contributed by atoms with van der Waals surface area (Å²) >= 11 is 0. The van der Waals surface area contributed by atoms with E-state index in [0.29, 0.717) is 6.54 Å². The van der Waals surface area contributed by atoms with Crippen LogP contribution in [0.15, 0.2) is 0 Å². The van der Waals surface area contributed by atoms with Crippen molar-refractivity contribution in [3.05, 3.63) is 0 Å². The van der Waals surface area contributed by atoms with Gasteiger partial charge in [0.1, 0.15) is 0 Å². The van der Waals surface area contributed by atoms with Gasteiger partial charge in [0.15, 0.2) is 0 Å². The van der Waals surface area contributed by atoms with Gasteiger partial charge in [-0.15, -0.1) is 0 Å². The van der Waals surface area contributed by atoms with Crippen molar-refractivity contribution in [1.82, 2.24) is 5.32 Å². The van der Waals surface area contributed by atoms with E-state index in [1.165, 1.54) is 6.42 Å². The molecule has 1 fully saturated rings. The van der Waals surface area contributed by atoms with Crippen LogP contribution in [0, 0.1) is 17.8 Å².